The van der Waals surface area contributed by atoms with Crippen LogP contribution in [0.5, 0.6) is 0 Å². The number of primary amides is 1. The quantitative estimate of drug-likeness (QED) is 0.377. The normalized spacial score (nSPS) is 12.7. The number of aryl methyl sites for hydroxylation is 2. The van der Waals surface area contributed by atoms with Crippen molar-refractivity contribution in [1.29, 1.82) is 0 Å². The summed E-state index contributed by atoms with van der Waals surface area (Å²) in [6, 6.07) is 7.39. The van der Waals surface area contributed by atoms with Crippen LogP contribution in [0.2, 0.25) is 0 Å². The molecule has 0 atom stereocenters. The van der Waals surface area contributed by atoms with Crippen molar-refractivity contribution in [3.63, 3.8) is 0 Å². The molecule has 0 bridgehead atoms. The number of carbonyl (C=O) groups is 3. The summed E-state index contributed by atoms with van der Waals surface area (Å²) in [6.45, 7) is 4.66. The number of nitrogens with two attached hydrogens (primary N) is 1. The predicted octanol–water partition coefficient (Wildman–Crippen LogP) is 3.31. The average molecular weight is 513 g/mol. The van der Waals surface area contributed by atoms with Crippen LogP contribution in [0.1, 0.15) is 62.3 Å². The summed E-state index contributed by atoms with van der Waals surface area (Å²) in [7, 11) is 0. The van der Waals surface area contributed by atoms with E-state index in [4.69, 9.17) is 5.73 Å². The van der Waals surface area contributed by atoms with E-state index in [0.717, 1.165) is 41.7 Å². The standard InChI is InChI=1S/C24H28N6O3S2/c1-3-30-18(12-26-22(33)15-9-5-4-8-14(15)2)28-29-24(30)34-13-19(31)27-23-20(21(25)32)16-10-6-7-11-17(16)35-23/h4-5,8-9H,3,6-7,10-13H2,1-2H3,(H2,25,32)(H,26,33)(H,27,31). The van der Waals surface area contributed by atoms with Gasteiger partial charge in [-0.2, -0.15) is 0 Å². The molecule has 1 aromatic carbocycles. The Morgan fingerprint density at radius 1 is 1.17 bits per heavy atom. The van der Waals surface area contributed by atoms with Crippen LogP contribution in [0.25, 0.3) is 0 Å². The second-order valence-corrected chi connectivity index (χ2v) is 10.3. The molecule has 11 heteroatoms. The molecule has 0 fully saturated rings. The Kier molecular flexibility index (Phi) is 7.86. The van der Waals surface area contributed by atoms with E-state index in [2.05, 4.69) is 20.8 Å². The first-order chi connectivity index (χ1) is 16.9. The van der Waals surface area contributed by atoms with Crippen LogP contribution in [-0.4, -0.2) is 38.2 Å². The number of nitrogens with zero attached hydrogens (tertiary/aromatic N) is 3. The molecule has 0 spiro atoms. The molecule has 35 heavy (non-hydrogen) atoms. The van der Waals surface area contributed by atoms with E-state index in [1.807, 2.05) is 36.6 Å². The van der Waals surface area contributed by atoms with E-state index in [1.165, 1.54) is 23.1 Å². The third-order valence-electron chi connectivity index (χ3n) is 5.91. The molecule has 0 aliphatic heterocycles. The number of fused-ring (bicyclic) bond motifs is 1. The topological polar surface area (TPSA) is 132 Å². The summed E-state index contributed by atoms with van der Waals surface area (Å²) in [5.41, 5.74) is 8.57. The van der Waals surface area contributed by atoms with Crippen molar-refractivity contribution in [2.24, 2.45) is 5.73 Å². The van der Waals surface area contributed by atoms with Crippen LogP contribution in [0.4, 0.5) is 5.00 Å². The molecule has 4 rings (SSSR count). The van der Waals surface area contributed by atoms with E-state index < -0.39 is 5.91 Å². The Balaban J connectivity index is 1.38. The van der Waals surface area contributed by atoms with Crippen molar-refractivity contribution in [1.82, 2.24) is 20.1 Å². The average Bonchev–Trinajstić information content (AvgIpc) is 3.41. The van der Waals surface area contributed by atoms with Crippen LogP contribution in [0, 0.1) is 6.92 Å². The summed E-state index contributed by atoms with van der Waals surface area (Å²) >= 11 is 2.70. The highest BCUT2D eigenvalue weighted by Crippen LogP contribution is 2.38. The molecule has 3 aromatic rings. The van der Waals surface area contributed by atoms with Gasteiger partial charge in [-0.05, 0) is 56.7 Å². The molecule has 1 aliphatic rings. The second-order valence-electron chi connectivity index (χ2n) is 8.26. The molecule has 184 valence electrons. The van der Waals surface area contributed by atoms with E-state index >= 15 is 0 Å². The maximum atomic E-state index is 12.7. The van der Waals surface area contributed by atoms with Crippen molar-refractivity contribution in [2.45, 2.75) is 57.8 Å². The number of amides is 3. The van der Waals surface area contributed by atoms with E-state index in [0.29, 0.717) is 33.7 Å². The van der Waals surface area contributed by atoms with Gasteiger partial charge in [0.15, 0.2) is 11.0 Å². The van der Waals surface area contributed by atoms with Gasteiger partial charge in [0, 0.05) is 17.0 Å². The molecular weight excluding hydrogens is 484 g/mol. The lowest BCUT2D eigenvalue weighted by Crippen LogP contribution is -2.25. The maximum Gasteiger partial charge on any atom is 0.251 e. The molecule has 2 heterocycles. The van der Waals surface area contributed by atoms with Gasteiger partial charge >= 0.3 is 0 Å². The van der Waals surface area contributed by atoms with Crippen molar-refractivity contribution >= 4 is 45.8 Å². The number of nitrogens with one attached hydrogen (secondary N) is 2. The van der Waals surface area contributed by atoms with Crippen molar-refractivity contribution < 1.29 is 14.4 Å². The van der Waals surface area contributed by atoms with Crippen LogP contribution >= 0.6 is 23.1 Å². The summed E-state index contributed by atoms with van der Waals surface area (Å²) in [6.07, 6.45) is 3.83. The lowest BCUT2D eigenvalue weighted by atomic mass is 9.95. The predicted molar refractivity (Wildman–Crippen MR) is 137 cm³/mol. The fraction of sp³-hybridized carbons (Fsp3) is 0.375. The SMILES string of the molecule is CCn1c(CNC(=O)c2ccccc2C)nnc1SCC(=O)Nc1sc2c(c1C(N)=O)CCCC2. The minimum Gasteiger partial charge on any atom is -0.365 e. The molecule has 0 saturated heterocycles. The van der Waals surface area contributed by atoms with Gasteiger partial charge in [-0.25, -0.2) is 0 Å². The highest BCUT2D eigenvalue weighted by molar-refractivity contribution is 7.99. The van der Waals surface area contributed by atoms with Gasteiger partial charge in [0.2, 0.25) is 5.91 Å². The highest BCUT2D eigenvalue weighted by atomic mass is 32.2. The third-order valence-corrected chi connectivity index (χ3v) is 8.08. The number of aromatic nitrogens is 3. The fourth-order valence-corrected chi connectivity index (χ4v) is 6.30. The molecule has 9 nitrogen and oxygen atoms in total. The van der Waals surface area contributed by atoms with Crippen LogP contribution in [0.15, 0.2) is 29.4 Å². The summed E-state index contributed by atoms with van der Waals surface area (Å²) in [4.78, 5) is 38.4. The summed E-state index contributed by atoms with van der Waals surface area (Å²) < 4.78 is 1.87. The van der Waals surface area contributed by atoms with Gasteiger partial charge in [0.25, 0.3) is 11.8 Å². The zero-order valence-electron chi connectivity index (χ0n) is 19.7. The van der Waals surface area contributed by atoms with Crippen LogP contribution in [0.3, 0.4) is 0 Å². The number of rotatable bonds is 9. The Bertz CT molecular complexity index is 1270. The molecule has 1 aliphatic carbocycles. The van der Waals surface area contributed by atoms with Crippen LogP contribution < -0.4 is 16.4 Å². The number of carbonyl (C=O) groups excluding carboxylic acids is 3. The number of hydrogen-bond donors (Lipinski definition) is 3. The number of benzene rings is 1. The Morgan fingerprint density at radius 2 is 1.94 bits per heavy atom. The highest BCUT2D eigenvalue weighted by Gasteiger charge is 2.25. The molecule has 0 radical (unpaired) electrons. The van der Waals surface area contributed by atoms with E-state index in [1.54, 1.807) is 6.07 Å². The minimum atomic E-state index is -0.504. The first-order valence-electron chi connectivity index (χ1n) is 11.5. The van der Waals surface area contributed by atoms with Crippen molar-refractivity contribution in [2.75, 3.05) is 11.1 Å². The molecular formula is C24H28N6O3S2. The monoisotopic (exact) mass is 512 g/mol. The van der Waals surface area contributed by atoms with Gasteiger partial charge < -0.3 is 20.9 Å². The van der Waals surface area contributed by atoms with Crippen molar-refractivity contribution in [3.8, 4) is 0 Å². The Hall–Kier alpha value is -3.18. The Morgan fingerprint density at radius 3 is 2.69 bits per heavy atom. The van der Waals surface area contributed by atoms with E-state index in [-0.39, 0.29) is 24.1 Å². The number of anilines is 1. The van der Waals surface area contributed by atoms with Gasteiger partial charge in [-0.1, -0.05) is 30.0 Å². The molecule has 3 amide bonds. The fourth-order valence-electron chi connectivity index (χ4n) is 4.16. The number of thiophene rings is 1. The number of thioether (sulfide) groups is 1. The first kappa shape index (κ1) is 24.9. The van der Waals surface area contributed by atoms with Crippen molar-refractivity contribution in [3.05, 3.63) is 57.2 Å². The smallest absolute Gasteiger partial charge is 0.251 e. The number of hydrogen-bond acceptors (Lipinski definition) is 7. The van der Waals surface area contributed by atoms with Gasteiger partial charge in [0.05, 0.1) is 17.9 Å². The van der Waals surface area contributed by atoms with Gasteiger partial charge in [-0.15, -0.1) is 21.5 Å². The molecule has 2 aromatic heterocycles. The maximum absolute atomic E-state index is 12.7. The van der Waals surface area contributed by atoms with Gasteiger partial charge in [0.1, 0.15) is 5.00 Å². The molecule has 4 N–H and O–H groups in total. The molecule has 0 unspecified atom stereocenters. The minimum absolute atomic E-state index is 0.106. The summed E-state index contributed by atoms with van der Waals surface area (Å²) in [5.74, 6) is -0.203. The third kappa shape index (κ3) is 5.57. The largest absolute Gasteiger partial charge is 0.365 e. The summed E-state index contributed by atoms with van der Waals surface area (Å²) in [5, 5.41) is 15.3. The lowest BCUT2D eigenvalue weighted by Gasteiger charge is -2.11. The van der Waals surface area contributed by atoms with Crippen LogP contribution in [-0.2, 0) is 30.7 Å². The van der Waals surface area contributed by atoms with E-state index in [9.17, 15) is 14.4 Å². The zero-order chi connectivity index (χ0) is 24.9. The Labute approximate surface area is 211 Å². The molecule has 0 saturated carbocycles. The lowest BCUT2D eigenvalue weighted by molar-refractivity contribution is -0.113. The van der Waals surface area contributed by atoms with Gasteiger partial charge in [-0.3, -0.25) is 14.4 Å². The zero-order valence-corrected chi connectivity index (χ0v) is 21.4. The first-order valence-corrected chi connectivity index (χ1v) is 13.3. The second kappa shape index (κ2) is 11.0.